The van der Waals surface area contributed by atoms with Crippen molar-refractivity contribution in [1.29, 1.82) is 5.26 Å². The maximum absolute atomic E-state index is 13.1. The second kappa shape index (κ2) is 5.51. The van der Waals surface area contributed by atoms with Crippen molar-refractivity contribution in [3.63, 3.8) is 0 Å². The number of hydrogen-bond acceptors (Lipinski definition) is 2. The van der Waals surface area contributed by atoms with E-state index >= 15 is 0 Å². The Balaban J connectivity index is 2.31. The predicted molar refractivity (Wildman–Crippen MR) is 69.3 cm³/mol. The summed E-state index contributed by atoms with van der Waals surface area (Å²) in [6.07, 6.45) is 0. The van der Waals surface area contributed by atoms with Crippen LogP contribution in [-0.4, -0.2) is 0 Å². The van der Waals surface area contributed by atoms with Crippen LogP contribution < -0.4 is 0 Å². The molecule has 2 aromatic rings. The van der Waals surface area contributed by atoms with E-state index in [9.17, 15) is 8.78 Å². The number of rotatable bonds is 2. The Morgan fingerprint density at radius 1 is 1.00 bits per heavy atom. The van der Waals surface area contributed by atoms with Crippen molar-refractivity contribution in [2.45, 2.75) is 9.79 Å². The second-order valence-corrected chi connectivity index (χ2v) is 5.53. The van der Waals surface area contributed by atoms with Gasteiger partial charge < -0.3 is 0 Å². The number of halogens is 3. The maximum Gasteiger partial charge on any atom is 0.159 e. The van der Waals surface area contributed by atoms with E-state index < -0.39 is 11.6 Å². The van der Waals surface area contributed by atoms with Crippen LogP contribution in [-0.2, 0) is 0 Å². The molecule has 0 aliphatic heterocycles. The molecule has 0 heterocycles. The highest BCUT2D eigenvalue weighted by atomic mass is 79.9. The summed E-state index contributed by atoms with van der Waals surface area (Å²) in [6, 6.07) is 10.9. The first-order valence-electron chi connectivity index (χ1n) is 4.92. The van der Waals surface area contributed by atoms with Gasteiger partial charge in [0.2, 0.25) is 0 Å². The van der Waals surface area contributed by atoms with Crippen LogP contribution in [0.4, 0.5) is 8.78 Å². The van der Waals surface area contributed by atoms with Gasteiger partial charge in [-0.2, -0.15) is 5.26 Å². The molecule has 1 nitrogen and oxygen atoms in total. The second-order valence-electron chi connectivity index (χ2n) is 3.47. The van der Waals surface area contributed by atoms with E-state index in [2.05, 4.69) is 15.9 Å². The zero-order valence-electron chi connectivity index (χ0n) is 8.95. The fourth-order valence-electron chi connectivity index (χ4n) is 1.36. The van der Waals surface area contributed by atoms with Crippen LogP contribution in [0.2, 0.25) is 0 Å². The Hall–Kier alpha value is -1.38. The first-order valence-corrected chi connectivity index (χ1v) is 6.53. The van der Waals surface area contributed by atoms with Gasteiger partial charge in [0.05, 0.1) is 11.6 Å². The van der Waals surface area contributed by atoms with Crippen LogP contribution in [0.15, 0.2) is 50.7 Å². The standard InChI is InChI=1S/C13H6BrF2NS/c14-9-3-8(7-17)4-11(5-9)18-10-1-2-12(15)13(16)6-10/h1-6H. The molecule has 2 aromatic carbocycles. The Labute approximate surface area is 116 Å². The third kappa shape index (κ3) is 3.09. The average Bonchev–Trinajstić information content (AvgIpc) is 2.33. The minimum absolute atomic E-state index is 0.509. The summed E-state index contributed by atoms with van der Waals surface area (Å²) < 4.78 is 26.6. The SMILES string of the molecule is N#Cc1cc(Br)cc(Sc2ccc(F)c(F)c2)c1. The van der Waals surface area contributed by atoms with Crippen LogP contribution in [0.3, 0.4) is 0 Å². The molecular weight excluding hydrogens is 320 g/mol. The summed E-state index contributed by atoms with van der Waals surface area (Å²) in [7, 11) is 0. The molecule has 0 saturated carbocycles. The lowest BCUT2D eigenvalue weighted by atomic mass is 10.2. The minimum Gasteiger partial charge on any atom is -0.204 e. The largest absolute Gasteiger partial charge is 0.204 e. The summed E-state index contributed by atoms with van der Waals surface area (Å²) in [5.74, 6) is -1.75. The van der Waals surface area contributed by atoms with Crippen LogP contribution in [0, 0.1) is 23.0 Å². The molecule has 0 spiro atoms. The van der Waals surface area contributed by atoms with Gasteiger partial charge in [-0.05, 0) is 36.4 Å². The van der Waals surface area contributed by atoms with Crippen LogP contribution in [0.1, 0.15) is 5.56 Å². The molecule has 0 aromatic heterocycles. The molecule has 0 saturated heterocycles. The van der Waals surface area contributed by atoms with Gasteiger partial charge in [0.1, 0.15) is 0 Å². The third-order valence-corrected chi connectivity index (χ3v) is 3.55. The molecule has 0 amide bonds. The topological polar surface area (TPSA) is 23.8 Å². The highest BCUT2D eigenvalue weighted by molar-refractivity contribution is 9.10. The van der Waals surface area contributed by atoms with Gasteiger partial charge in [0, 0.05) is 14.3 Å². The van der Waals surface area contributed by atoms with Crippen molar-refractivity contribution >= 4 is 27.7 Å². The lowest BCUT2D eigenvalue weighted by Gasteiger charge is -2.03. The fraction of sp³-hybridized carbons (Fsp3) is 0. The molecule has 90 valence electrons. The molecule has 0 aliphatic rings. The monoisotopic (exact) mass is 325 g/mol. The summed E-state index contributed by atoms with van der Waals surface area (Å²) in [5.41, 5.74) is 0.509. The van der Waals surface area contributed by atoms with Crippen LogP contribution in [0.5, 0.6) is 0 Å². The van der Waals surface area contributed by atoms with E-state index in [1.165, 1.54) is 17.8 Å². The minimum atomic E-state index is -0.879. The molecule has 0 radical (unpaired) electrons. The van der Waals surface area contributed by atoms with Gasteiger partial charge in [-0.15, -0.1) is 0 Å². The Kier molecular flexibility index (Phi) is 4.00. The first-order chi connectivity index (χ1) is 8.58. The summed E-state index contributed by atoms with van der Waals surface area (Å²) in [5, 5.41) is 8.84. The number of nitriles is 1. The maximum atomic E-state index is 13.1. The molecule has 5 heteroatoms. The highest BCUT2D eigenvalue weighted by Crippen LogP contribution is 2.31. The Morgan fingerprint density at radius 2 is 1.78 bits per heavy atom. The lowest BCUT2D eigenvalue weighted by molar-refractivity contribution is 0.506. The average molecular weight is 326 g/mol. The van der Waals surface area contributed by atoms with Crippen molar-refractivity contribution in [3.05, 3.63) is 58.1 Å². The van der Waals surface area contributed by atoms with Crippen LogP contribution in [0.25, 0.3) is 0 Å². The Morgan fingerprint density at radius 3 is 2.44 bits per heavy atom. The molecule has 0 fully saturated rings. The van der Waals surface area contributed by atoms with Gasteiger partial charge in [0.15, 0.2) is 11.6 Å². The normalized spacial score (nSPS) is 10.1. The zero-order valence-corrected chi connectivity index (χ0v) is 11.4. The van der Waals surface area contributed by atoms with Gasteiger partial charge in [0.25, 0.3) is 0 Å². The number of benzene rings is 2. The molecule has 2 rings (SSSR count). The molecule has 0 N–H and O–H groups in total. The van der Waals surface area contributed by atoms with Crippen LogP contribution >= 0.6 is 27.7 Å². The van der Waals surface area contributed by atoms with E-state index in [4.69, 9.17) is 5.26 Å². The van der Waals surface area contributed by atoms with Crippen molar-refractivity contribution < 1.29 is 8.78 Å². The fourth-order valence-corrected chi connectivity index (χ4v) is 2.95. The van der Waals surface area contributed by atoms with Gasteiger partial charge in [-0.3, -0.25) is 0 Å². The molecule has 0 atom stereocenters. The zero-order chi connectivity index (χ0) is 13.1. The molecule has 0 bridgehead atoms. The molecule has 0 aliphatic carbocycles. The van der Waals surface area contributed by atoms with E-state index in [1.807, 2.05) is 12.1 Å². The first kappa shape index (κ1) is 13.1. The Bertz CT molecular complexity index is 637. The third-order valence-electron chi connectivity index (χ3n) is 2.13. The van der Waals surface area contributed by atoms with E-state index in [1.54, 1.807) is 12.1 Å². The molecule has 18 heavy (non-hydrogen) atoms. The summed E-state index contributed by atoms with van der Waals surface area (Å²) in [4.78, 5) is 1.36. The van der Waals surface area contributed by atoms with Crippen molar-refractivity contribution in [3.8, 4) is 6.07 Å². The van der Waals surface area contributed by atoms with Crippen molar-refractivity contribution in [2.75, 3.05) is 0 Å². The number of hydrogen-bond donors (Lipinski definition) is 0. The van der Waals surface area contributed by atoms with Gasteiger partial charge in [-0.25, -0.2) is 8.78 Å². The van der Waals surface area contributed by atoms with Gasteiger partial charge >= 0.3 is 0 Å². The molecule has 0 unspecified atom stereocenters. The molecular formula is C13H6BrF2NS. The van der Waals surface area contributed by atoms with E-state index in [-0.39, 0.29) is 0 Å². The van der Waals surface area contributed by atoms with Crippen molar-refractivity contribution in [2.24, 2.45) is 0 Å². The summed E-state index contributed by atoms with van der Waals surface area (Å²) in [6.45, 7) is 0. The highest BCUT2D eigenvalue weighted by Gasteiger charge is 2.05. The van der Waals surface area contributed by atoms with E-state index in [0.717, 1.165) is 21.5 Å². The van der Waals surface area contributed by atoms with Crippen molar-refractivity contribution in [1.82, 2.24) is 0 Å². The smallest absolute Gasteiger partial charge is 0.159 e. The van der Waals surface area contributed by atoms with Gasteiger partial charge in [-0.1, -0.05) is 27.7 Å². The predicted octanol–water partition coefficient (Wildman–Crippen LogP) is 4.75. The number of nitrogens with zero attached hydrogens (tertiary/aromatic N) is 1. The summed E-state index contributed by atoms with van der Waals surface area (Å²) >= 11 is 4.56. The lowest BCUT2D eigenvalue weighted by Crippen LogP contribution is -1.84. The van der Waals surface area contributed by atoms with E-state index in [0.29, 0.717) is 10.5 Å². The quantitative estimate of drug-likeness (QED) is 0.795.